The van der Waals surface area contributed by atoms with Crippen molar-refractivity contribution in [1.82, 2.24) is 0 Å². The Balaban J connectivity index is 2.31. The summed E-state index contributed by atoms with van der Waals surface area (Å²) in [5.41, 5.74) is 1.80. The normalized spacial score (nSPS) is 25.3. The van der Waals surface area contributed by atoms with Crippen molar-refractivity contribution in [3.8, 4) is 11.8 Å². The summed E-state index contributed by atoms with van der Waals surface area (Å²) >= 11 is 0. The lowest BCUT2D eigenvalue weighted by molar-refractivity contribution is -0.221. The molecule has 0 fully saturated rings. The van der Waals surface area contributed by atoms with Crippen LogP contribution in [0.1, 0.15) is 31.2 Å². The van der Waals surface area contributed by atoms with Crippen LogP contribution in [0, 0.1) is 11.3 Å². The molecule has 0 saturated heterocycles. The average Bonchev–Trinajstić information content (AvgIpc) is 2.49. The van der Waals surface area contributed by atoms with Gasteiger partial charge in [0, 0.05) is 26.4 Å². The van der Waals surface area contributed by atoms with Crippen molar-refractivity contribution in [2.24, 2.45) is 5.16 Å². The van der Waals surface area contributed by atoms with Crippen molar-refractivity contribution in [2.45, 2.75) is 31.5 Å². The van der Waals surface area contributed by atoms with Gasteiger partial charge in [-0.05, 0) is 17.7 Å². The van der Waals surface area contributed by atoms with E-state index in [1.165, 1.54) is 0 Å². The zero-order chi connectivity index (χ0) is 14.6. The highest BCUT2D eigenvalue weighted by Crippen LogP contribution is 2.36. The van der Waals surface area contributed by atoms with E-state index < -0.39 is 5.79 Å². The van der Waals surface area contributed by atoms with Gasteiger partial charge in [0.25, 0.3) is 0 Å². The fourth-order valence-corrected chi connectivity index (χ4v) is 2.25. The minimum atomic E-state index is -0.760. The molecule has 106 valence electrons. The largest absolute Gasteiger partial charge is 0.497 e. The number of nitriles is 1. The van der Waals surface area contributed by atoms with Gasteiger partial charge in [-0.15, -0.1) is 0 Å². The van der Waals surface area contributed by atoms with Crippen molar-refractivity contribution >= 4 is 5.71 Å². The minimum absolute atomic E-state index is 0.0132. The lowest BCUT2D eigenvalue weighted by Gasteiger charge is -2.34. The van der Waals surface area contributed by atoms with Gasteiger partial charge in [0.1, 0.15) is 5.75 Å². The van der Waals surface area contributed by atoms with E-state index in [1.807, 2.05) is 31.2 Å². The Bertz CT molecular complexity index is 533. The predicted octanol–water partition coefficient (Wildman–Crippen LogP) is 2.83. The molecule has 0 spiro atoms. The number of rotatable bonds is 4. The second-order valence-electron chi connectivity index (χ2n) is 4.88. The van der Waals surface area contributed by atoms with Crippen molar-refractivity contribution < 1.29 is 14.3 Å². The summed E-state index contributed by atoms with van der Waals surface area (Å²) in [5.74, 6) is 0.0529. The highest BCUT2D eigenvalue weighted by molar-refractivity contribution is 5.92. The Morgan fingerprint density at radius 2 is 2.10 bits per heavy atom. The third kappa shape index (κ3) is 2.91. The highest BCUT2D eigenvalue weighted by Gasteiger charge is 2.37. The standard InChI is InChI=1S/C15H18N2O3/c1-15(19-3)10-13(14(8-9-16)17-20-15)11-4-6-12(18-2)7-5-11/h4-7,13H,8,10H2,1-3H3/t13-,15-/m0/s1. The third-order valence-corrected chi connectivity index (χ3v) is 3.54. The number of hydrogen-bond donors (Lipinski definition) is 0. The number of nitrogens with zero attached hydrogens (tertiary/aromatic N) is 2. The molecule has 1 aromatic rings. The zero-order valence-electron chi connectivity index (χ0n) is 11.9. The van der Waals surface area contributed by atoms with Crippen LogP contribution in [0.4, 0.5) is 0 Å². The number of benzene rings is 1. The Hall–Kier alpha value is -2.06. The molecule has 5 heteroatoms. The Morgan fingerprint density at radius 1 is 1.40 bits per heavy atom. The van der Waals surface area contributed by atoms with Crippen LogP contribution in [0.15, 0.2) is 29.4 Å². The van der Waals surface area contributed by atoms with E-state index in [9.17, 15) is 0 Å². The Labute approximate surface area is 118 Å². The van der Waals surface area contributed by atoms with Gasteiger partial charge in [0.05, 0.1) is 25.3 Å². The van der Waals surface area contributed by atoms with E-state index >= 15 is 0 Å². The van der Waals surface area contributed by atoms with Gasteiger partial charge in [-0.1, -0.05) is 17.3 Å². The summed E-state index contributed by atoms with van der Waals surface area (Å²) in [4.78, 5) is 5.37. The smallest absolute Gasteiger partial charge is 0.234 e. The average molecular weight is 274 g/mol. The van der Waals surface area contributed by atoms with E-state index in [0.29, 0.717) is 6.42 Å². The van der Waals surface area contributed by atoms with Crippen LogP contribution in [0.25, 0.3) is 0 Å². The van der Waals surface area contributed by atoms with Crippen LogP contribution in [0.3, 0.4) is 0 Å². The molecule has 0 bridgehead atoms. The van der Waals surface area contributed by atoms with E-state index in [0.717, 1.165) is 17.0 Å². The van der Waals surface area contributed by atoms with E-state index in [2.05, 4.69) is 11.2 Å². The maximum Gasteiger partial charge on any atom is 0.234 e. The van der Waals surface area contributed by atoms with E-state index in [4.69, 9.17) is 19.6 Å². The summed E-state index contributed by atoms with van der Waals surface area (Å²) in [6.07, 6.45) is 0.868. The van der Waals surface area contributed by atoms with Crippen LogP contribution in [-0.2, 0) is 9.57 Å². The number of methoxy groups -OCH3 is 2. The maximum atomic E-state index is 8.92. The molecule has 0 unspecified atom stereocenters. The van der Waals surface area contributed by atoms with Gasteiger partial charge in [0.15, 0.2) is 0 Å². The first-order valence-electron chi connectivity index (χ1n) is 6.43. The summed E-state index contributed by atoms with van der Waals surface area (Å²) in [5, 5.41) is 13.0. The van der Waals surface area contributed by atoms with Crippen LogP contribution >= 0.6 is 0 Å². The minimum Gasteiger partial charge on any atom is -0.497 e. The predicted molar refractivity (Wildman–Crippen MR) is 74.5 cm³/mol. The zero-order valence-corrected chi connectivity index (χ0v) is 11.9. The van der Waals surface area contributed by atoms with Crippen molar-refractivity contribution in [3.05, 3.63) is 29.8 Å². The van der Waals surface area contributed by atoms with Gasteiger partial charge < -0.3 is 14.3 Å². The number of hydrogen-bond acceptors (Lipinski definition) is 5. The molecule has 20 heavy (non-hydrogen) atoms. The lowest BCUT2D eigenvalue weighted by Crippen LogP contribution is -2.37. The molecule has 0 radical (unpaired) electrons. The summed E-state index contributed by atoms with van der Waals surface area (Å²) in [7, 11) is 3.23. The first-order chi connectivity index (χ1) is 9.61. The summed E-state index contributed by atoms with van der Waals surface area (Å²) < 4.78 is 10.5. The van der Waals surface area contributed by atoms with E-state index in [-0.39, 0.29) is 12.3 Å². The molecule has 5 nitrogen and oxygen atoms in total. The molecule has 1 aromatic carbocycles. The molecule has 0 aliphatic carbocycles. The Morgan fingerprint density at radius 3 is 2.65 bits per heavy atom. The Kier molecular flexibility index (Phi) is 4.26. The molecule has 1 heterocycles. The summed E-state index contributed by atoms with van der Waals surface area (Å²) in [6.45, 7) is 1.84. The second kappa shape index (κ2) is 5.93. The van der Waals surface area contributed by atoms with E-state index in [1.54, 1.807) is 14.2 Å². The van der Waals surface area contributed by atoms with Gasteiger partial charge in [0.2, 0.25) is 5.79 Å². The number of oxime groups is 1. The van der Waals surface area contributed by atoms with Crippen molar-refractivity contribution in [1.29, 1.82) is 5.26 Å². The van der Waals surface area contributed by atoms with Gasteiger partial charge in [-0.3, -0.25) is 0 Å². The molecule has 0 amide bonds. The molecular formula is C15H18N2O3. The first-order valence-corrected chi connectivity index (χ1v) is 6.43. The molecule has 2 rings (SSSR count). The maximum absolute atomic E-state index is 8.92. The molecule has 0 N–H and O–H groups in total. The van der Waals surface area contributed by atoms with Gasteiger partial charge in [-0.25, -0.2) is 0 Å². The van der Waals surface area contributed by atoms with Crippen molar-refractivity contribution in [3.63, 3.8) is 0 Å². The third-order valence-electron chi connectivity index (χ3n) is 3.54. The van der Waals surface area contributed by atoms with Gasteiger partial charge >= 0.3 is 0 Å². The summed E-state index contributed by atoms with van der Waals surface area (Å²) in [6, 6.07) is 9.90. The van der Waals surface area contributed by atoms with Crippen LogP contribution in [0.2, 0.25) is 0 Å². The fraction of sp³-hybridized carbons (Fsp3) is 0.467. The SMILES string of the molecule is COc1ccc([C@@H]2C[C@@](C)(OC)ON=C2CC#N)cc1. The van der Waals surface area contributed by atoms with Crippen LogP contribution < -0.4 is 4.74 Å². The monoisotopic (exact) mass is 274 g/mol. The lowest BCUT2D eigenvalue weighted by atomic mass is 9.86. The molecule has 2 atom stereocenters. The molecule has 1 aliphatic rings. The molecule has 1 aliphatic heterocycles. The highest BCUT2D eigenvalue weighted by atomic mass is 16.8. The quantitative estimate of drug-likeness (QED) is 0.847. The molecular weight excluding hydrogens is 256 g/mol. The number of ether oxygens (including phenoxy) is 2. The molecule has 0 aromatic heterocycles. The van der Waals surface area contributed by atoms with Crippen molar-refractivity contribution in [2.75, 3.05) is 14.2 Å². The topological polar surface area (TPSA) is 63.8 Å². The van der Waals surface area contributed by atoms with Crippen LogP contribution in [0.5, 0.6) is 5.75 Å². The van der Waals surface area contributed by atoms with Gasteiger partial charge in [-0.2, -0.15) is 5.26 Å². The second-order valence-corrected chi connectivity index (χ2v) is 4.88. The first kappa shape index (κ1) is 14.4. The fourth-order valence-electron chi connectivity index (χ4n) is 2.25. The molecule has 0 saturated carbocycles. The van der Waals surface area contributed by atoms with Crippen LogP contribution in [-0.4, -0.2) is 25.7 Å².